The highest BCUT2D eigenvalue weighted by molar-refractivity contribution is 5.93. The Balaban J connectivity index is 1.85. The molecule has 136 valence electrons. The molecule has 0 radical (unpaired) electrons. The Morgan fingerprint density at radius 1 is 1.15 bits per heavy atom. The van der Waals surface area contributed by atoms with Crippen molar-refractivity contribution in [2.75, 3.05) is 11.4 Å². The molecule has 2 heterocycles. The number of aromatic carboxylic acids is 1. The third kappa shape index (κ3) is 2.87. The molecular weight excluding hydrogens is 342 g/mol. The minimum Gasteiger partial charge on any atom is -0.478 e. The van der Waals surface area contributed by atoms with E-state index in [9.17, 15) is 9.90 Å². The lowest BCUT2D eigenvalue weighted by molar-refractivity contribution is 0.0696. The monoisotopic (exact) mass is 361 g/mol. The molecule has 2 aromatic carbocycles. The number of nitrogens with zero attached hydrogens (tertiary/aromatic N) is 3. The SMILES string of the molecule is CC(=N)n1nc(N2CCc3ccc(C(=O)O)cc3C2)c2ccccc2c1=N. The first kappa shape index (κ1) is 17.0. The summed E-state index contributed by atoms with van der Waals surface area (Å²) < 4.78 is 1.33. The summed E-state index contributed by atoms with van der Waals surface area (Å²) in [5.41, 5.74) is 2.58. The normalized spacial score (nSPS) is 13.4. The smallest absolute Gasteiger partial charge is 0.335 e. The summed E-state index contributed by atoms with van der Waals surface area (Å²) in [6.45, 7) is 2.89. The van der Waals surface area contributed by atoms with Crippen molar-refractivity contribution in [2.45, 2.75) is 19.9 Å². The van der Waals surface area contributed by atoms with E-state index in [-0.39, 0.29) is 16.9 Å². The number of aromatic nitrogens is 2. The molecule has 0 bridgehead atoms. The average Bonchev–Trinajstić information content (AvgIpc) is 2.67. The van der Waals surface area contributed by atoms with Gasteiger partial charge < -0.3 is 10.0 Å². The molecule has 7 heteroatoms. The second kappa shape index (κ2) is 6.35. The standard InChI is InChI=1S/C20H19N5O2/c1-12(21)25-18(22)16-4-2-3-5-17(16)19(23-25)24-9-8-13-6-7-14(20(26)27)10-15(13)11-24/h2-7,10,21-22H,8-9,11H2,1H3,(H,26,27). The maximum Gasteiger partial charge on any atom is 0.335 e. The van der Waals surface area contributed by atoms with Gasteiger partial charge >= 0.3 is 5.97 Å². The number of anilines is 1. The molecule has 4 rings (SSSR count). The highest BCUT2D eigenvalue weighted by Crippen LogP contribution is 2.28. The number of hydrogen-bond donors (Lipinski definition) is 3. The molecule has 7 nitrogen and oxygen atoms in total. The first-order chi connectivity index (χ1) is 13.0. The second-order valence-electron chi connectivity index (χ2n) is 6.68. The molecule has 1 aliphatic rings. The molecule has 3 N–H and O–H groups in total. The summed E-state index contributed by atoms with van der Waals surface area (Å²) in [7, 11) is 0. The zero-order valence-electron chi connectivity index (χ0n) is 14.9. The number of hydrogen-bond acceptors (Lipinski definition) is 5. The van der Waals surface area contributed by atoms with Crippen molar-refractivity contribution in [2.24, 2.45) is 0 Å². The first-order valence-electron chi connectivity index (χ1n) is 8.68. The lowest BCUT2D eigenvalue weighted by Gasteiger charge is -2.31. The van der Waals surface area contributed by atoms with E-state index in [4.69, 9.17) is 10.8 Å². The third-order valence-corrected chi connectivity index (χ3v) is 4.91. The minimum absolute atomic E-state index is 0.178. The molecule has 3 aromatic rings. The maximum absolute atomic E-state index is 11.3. The molecule has 0 amide bonds. The number of carboxylic acids is 1. The number of nitrogens with one attached hydrogen (secondary N) is 2. The number of carbonyl (C=O) groups is 1. The molecule has 0 aliphatic carbocycles. The van der Waals surface area contributed by atoms with Crippen LogP contribution < -0.4 is 10.4 Å². The summed E-state index contributed by atoms with van der Waals surface area (Å²) in [6, 6.07) is 12.8. The van der Waals surface area contributed by atoms with E-state index in [2.05, 4.69) is 10.00 Å². The van der Waals surface area contributed by atoms with Crippen LogP contribution in [-0.2, 0) is 13.0 Å². The number of carboxylic acid groups (broad SMARTS) is 1. The Bertz CT molecular complexity index is 1150. The fourth-order valence-corrected chi connectivity index (χ4v) is 3.54. The van der Waals surface area contributed by atoms with Crippen LogP contribution in [-0.4, -0.2) is 33.2 Å². The highest BCUT2D eigenvalue weighted by Gasteiger charge is 2.22. The van der Waals surface area contributed by atoms with E-state index in [0.717, 1.165) is 34.9 Å². The van der Waals surface area contributed by atoms with Crippen LogP contribution in [0.5, 0.6) is 0 Å². The number of rotatable bonds is 2. The van der Waals surface area contributed by atoms with E-state index < -0.39 is 5.97 Å². The average molecular weight is 361 g/mol. The Morgan fingerprint density at radius 3 is 2.59 bits per heavy atom. The minimum atomic E-state index is -0.936. The van der Waals surface area contributed by atoms with Crippen molar-refractivity contribution in [1.29, 1.82) is 10.8 Å². The lowest BCUT2D eigenvalue weighted by Crippen LogP contribution is -2.35. The van der Waals surface area contributed by atoms with E-state index in [1.165, 1.54) is 4.68 Å². The van der Waals surface area contributed by atoms with Gasteiger partial charge in [0.1, 0.15) is 5.84 Å². The van der Waals surface area contributed by atoms with E-state index in [1.807, 2.05) is 30.3 Å². The van der Waals surface area contributed by atoms with Gasteiger partial charge in [0.15, 0.2) is 11.3 Å². The lowest BCUT2D eigenvalue weighted by atomic mass is 9.97. The largest absolute Gasteiger partial charge is 0.478 e. The molecule has 1 aliphatic heterocycles. The van der Waals surface area contributed by atoms with Gasteiger partial charge in [0.05, 0.1) is 5.56 Å². The maximum atomic E-state index is 11.3. The van der Waals surface area contributed by atoms with Gasteiger partial charge in [-0.2, -0.15) is 4.68 Å². The van der Waals surface area contributed by atoms with Crippen LogP contribution >= 0.6 is 0 Å². The quantitative estimate of drug-likeness (QED) is 0.482. The van der Waals surface area contributed by atoms with Gasteiger partial charge in [0.2, 0.25) is 0 Å². The van der Waals surface area contributed by atoms with Crippen molar-refractivity contribution in [3.8, 4) is 0 Å². The van der Waals surface area contributed by atoms with Crippen molar-refractivity contribution in [3.63, 3.8) is 0 Å². The molecule has 0 spiro atoms. The van der Waals surface area contributed by atoms with E-state index in [1.54, 1.807) is 19.1 Å². The van der Waals surface area contributed by atoms with Crippen LogP contribution in [0.1, 0.15) is 28.4 Å². The summed E-state index contributed by atoms with van der Waals surface area (Å²) >= 11 is 0. The van der Waals surface area contributed by atoms with Crippen LogP contribution in [0.3, 0.4) is 0 Å². The summed E-state index contributed by atoms with van der Waals surface area (Å²) in [4.78, 5) is 13.4. The molecule has 0 saturated carbocycles. The predicted molar refractivity (Wildman–Crippen MR) is 103 cm³/mol. The van der Waals surface area contributed by atoms with Gasteiger partial charge in [-0.3, -0.25) is 10.8 Å². The number of fused-ring (bicyclic) bond motifs is 2. The molecule has 0 saturated heterocycles. The molecule has 0 fully saturated rings. The van der Waals surface area contributed by atoms with Crippen LogP contribution in [0.15, 0.2) is 42.5 Å². The molecule has 0 atom stereocenters. The van der Waals surface area contributed by atoms with Gasteiger partial charge in [-0.05, 0) is 36.6 Å². The zero-order chi connectivity index (χ0) is 19.1. The molecule has 1 aromatic heterocycles. The van der Waals surface area contributed by atoms with Gasteiger partial charge in [0, 0.05) is 23.9 Å². The zero-order valence-corrected chi connectivity index (χ0v) is 14.9. The summed E-state index contributed by atoms with van der Waals surface area (Å²) in [5, 5.41) is 31.7. The van der Waals surface area contributed by atoms with Crippen molar-refractivity contribution in [1.82, 2.24) is 9.78 Å². The van der Waals surface area contributed by atoms with Crippen LogP contribution in [0, 0.1) is 10.8 Å². The van der Waals surface area contributed by atoms with Crippen molar-refractivity contribution in [3.05, 3.63) is 64.6 Å². The fourth-order valence-electron chi connectivity index (χ4n) is 3.54. The van der Waals surface area contributed by atoms with E-state index >= 15 is 0 Å². The van der Waals surface area contributed by atoms with Gasteiger partial charge in [-0.15, -0.1) is 5.10 Å². The number of benzene rings is 2. The van der Waals surface area contributed by atoms with Crippen LogP contribution in [0.25, 0.3) is 10.8 Å². The van der Waals surface area contributed by atoms with Crippen molar-refractivity contribution >= 4 is 28.4 Å². The topological polar surface area (TPSA) is 106 Å². The summed E-state index contributed by atoms with van der Waals surface area (Å²) in [5.74, 6) is -0.0496. The second-order valence-corrected chi connectivity index (χ2v) is 6.68. The Kier molecular flexibility index (Phi) is 3.99. The van der Waals surface area contributed by atoms with Crippen LogP contribution in [0.4, 0.5) is 5.82 Å². The van der Waals surface area contributed by atoms with E-state index in [0.29, 0.717) is 12.4 Å². The van der Waals surface area contributed by atoms with Gasteiger partial charge in [0.25, 0.3) is 0 Å². The Morgan fingerprint density at radius 2 is 1.89 bits per heavy atom. The highest BCUT2D eigenvalue weighted by atomic mass is 16.4. The molecular formula is C20H19N5O2. The van der Waals surface area contributed by atoms with Gasteiger partial charge in [-0.1, -0.05) is 30.3 Å². The Labute approximate surface area is 155 Å². The first-order valence-corrected chi connectivity index (χ1v) is 8.68. The molecule has 27 heavy (non-hydrogen) atoms. The Hall–Kier alpha value is -3.48. The summed E-state index contributed by atoms with van der Waals surface area (Å²) in [6.07, 6.45) is 0.789. The molecule has 0 unspecified atom stereocenters. The predicted octanol–water partition coefficient (Wildman–Crippen LogP) is 2.62. The van der Waals surface area contributed by atoms with Crippen LogP contribution in [0.2, 0.25) is 0 Å². The third-order valence-electron chi connectivity index (χ3n) is 4.91. The van der Waals surface area contributed by atoms with Crippen molar-refractivity contribution < 1.29 is 9.90 Å². The fraction of sp³-hybridized carbons (Fsp3) is 0.200. The van der Waals surface area contributed by atoms with Gasteiger partial charge in [-0.25, -0.2) is 4.79 Å².